The lowest BCUT2D eigenvalue weighted by Gasteiger charge is -2.43. The number of carboxylic acid groups (broad SMARTS) is 1. The number of rotatable bonds is 12. The molecule has 0 saturated carbocycles. The second kappa shape index (κ2) is 15.7. The summed E-state index contributed by atoms with van der Waals surface area (Å²) in [6.45, 7) is -0.0282. The highest BCUT2D eigenvalue weighted by molar-refractivity contribution is 7.99. The lowest BCUT2D eigenvalue weighted by atomic mass is 9.84. The number of carboxylic acids is 1. The van der Waals surface area contributed by atoms with Gasteiger partial charge in [0.05, 0.1) is 29.9 Å². The topological polar surface area (TPSA) is 148 Å². The summed E-state index contributed by atoms with van der Waals surface area (Å²) in [4.78, 5) is 20.7. The van der Waals surface area contributed by atoms with Crippen LogP contribution in [0.15, 0.2) is 144 Å². The highest BCUT2D eigenvalue weighted by Crippen LogP contribution is 2.48. The van der Waals surface area contributed by atoms with Crippen molar-refractivity contribution in [3.8, 4) is 0 Å². The molecule has 1 saturated heterocycles. The van der Waals surface area contributed by atoms with Crippen molar-refractivity contribution in [2.75, 3.05) is 5.75 Å². The third-order valence-electron chi connectivity index (χ3n) is 8.96. The van der Waals surface area contributed by atoms with Gasteiger partial charge in [-0.15, -0.1) is 11.8 Å². The summed E-state index contributed by atoms with van der Waals surface area (Å²) in [6.07, 6.45) is 1.43. The van der Waals surface area contributed by atoms with Crippen LogP contribution in [0.5, 0.6) is 0 Å². The zero-order chi connectivity index (χ0) is 36.1. The first kappa shape index (κ1) is 35.5. The Bertz CT molecular complexity index is 2270. The minimum absolute atomic E-state index is 0.0589. The van der Waals surface area contributed by atoms with Gasteiger partial charge in [-0.3, -0.25) is 4.98 Å². The minimum atomic E-state index is -3.86. The van der Waals surface area contributed by atoms with Gasteiger partial charge in [0.1, 0.15) is 9.92 Å². The molecule has 3 N–H and O–H groups in total. The molecule has 10 nitrogen and oxygen atoms in total. The Hall–Kier alpha value is -4.95. The first-order chi connectivity index (χ1) is 25.3. The number of fused-ring (bicyclic) bond motifs is 1. The zero-order valence-corrected chi connectivity index (χ0v) is 29.4. The van der Waals surface area contributed by atoms with Gasteiger partial charge in [-0.2, -0.15) is 0 Å². The van der Waals surface area contributed by atoms with Gasteiger partial charge >= 0.3 is 5.97 Å². The number of pyridine rings is 2. The van der Waals surface area contributed by atoms with E-state index >= 15 is 0 Å². The van der Waals surface area contributed by atoms with Crippen LogP contribution in [-0.2, 0) is 32.6 Å². The van der Waals surface area contributed by atoms with Crippen LogP contribution >= 0.6 is 11.8 Å². The van der Waals surface area contributed by atoms with Gasteiger partial charge < -0.3 is 19.7 Å². The predicted molar refractivity (Wildman–Crippen MR) is 197 cm³/mol. The van der Waals surface area contributed by atoms with Crippen LogP contribution in [0, 0.1) is 0 Å². The van der Waals surface area contributed by atoms with Crippen LogP contribution in [0.4, 0.5) is 0 Å². The van der Waals surface area contributed by atoms with Crippen molar-refractivity contribution in [2.24, 2.45) is 0 Å². The molecule has 3 heterocycles. The average Bonchev–Trinajstić information content (AvgIpc) is 3.19. The number of thioether (sulfide) groups is 1. The van der Waals surface area contributed by atoms with E-state index < -0.39 is 34.5 Å². The van der Waals surface area contributed by atoms with Gasteiger partial charge in [0.15, 0.2) is 6.29 Å². The second-order valence-corrected chi connectivity index (χ2v) is 15.0. The van der Waals surface area contributed by atoms with Crippen LogP contribution in [0.3, 0.4) is 0 Å². The minimum Gasteiger partial charge on any atom is -0.478 e. The smallest absolute Gasteiger partial charge is 0.338 e. The molecular formula is C40H35N3O7S2. The van der Waals surface area contributed by atoms with E-state index in [2.05, 4.69) is 14.7 Å². The maximum atomic E-state index is 13.3. The maximum absolute atomic E-state index is 13.3. The molecule has 1 aliphatic heterocycles. The Labute approximate surface area is 305 Å². The van der Waals surface area contributed by atoms with Crippen molar-refractivity contribution in [3.05, 3.63) is 167 Å². The monoisotopic (exact) mass is 733 g/mol. The van der Waals surface area contributed by atoms with Crippen molar-refractivity contribution in [1.82, 2.24) is 14.7 Å². The SMILES string of the molecule is O=C(O)c1cccnc1SC[C@H]1OC(c2ccc(CNS(=O)(=O)c3cccc4cccnc34)cc2)O[C@@H](c2ccc(CO)cc2)[C@@H]1c1ccccc1. The Morgan fingerprint density at radius 1 is 0.750 bits per heavy atom. The van der Waals surface area contributed by atoms with E-state index in [-0.39, 0.29) is 29.5 Å². The second-order valence-electron chi connectivity index (χ2n) is 12.3. The molecule has 4 aromatic carbocycles. The fraction of sp³-hybridized carbons (Fsp3) is 0.175. The van der Waals surface area contributed by atoms with E-state index in [4.69, 9.17) is 9.47 Å². The molecule has 0 radical (unpaired) electrons. The molecule has 12 heteroatoms. The van der Waals surface area contributed by atoms with Gasteiger partial charge in [0.25, 0.3) is 0 Å². The zero-order valence-electron chi connectivity index (χ0n) is 27.8. The molecule has 1 fully saturated rings. The van der Waals surface area contributed by atoms with E-state index in [1.54, 1.807) is 36.7 Å². The Kier molecular flexibility index (Phi) is 10.7. The number of sulfonamides is 1. The summed E-state index contributed by atoms with van der Waals surface area (Å²) in [5.41, 5.74) is 4.65. The quantitative estimate of drug-likeness (QED) is 0.112. The van der Waals surface area contributed by atoms with Crippen LogP contribution in [0.2, 0.25) is 0 Å². The summed E-state index contributed by atoms with van der Waals surface area (Å²) in [6, 6.07) is 36.7. The summed E-state index contributed by atoms with van der Waals surface area (Å²) in [7, 11) is -3.86. The molecular weight excluding hydrogens is 699 g/mol. The van der Waals surface area contributed by atoms with Crippen molar-refractivity contribution in [3.63, 3.8) is 0 Å². The molecule has 1 aliphatic rings. The first-order valence-corrected chi connectivity index (χ1v) is 19.1. The van der Waals surface area contributed by atoms with Crippen molar-refractivity contribution in [1.29, 1.82) is 0 Å². The highest BCUT2D eigenvalue weighted by atomic mass is 32.2. The van der Waals surface area contributed by atoms with Gasteiger partial charge in [-0.05, 0) is 46.5 Å². The summed E-state index contributed by atoms with van der Waals surface area (Å²) in [5, 5.41) is 20.6. The number of para-hydroxylation sites is 1. The molecule has 264 valence electrons. The number of benzene rings is 4. The van der Waals surface area contributed by atoms with E-state index in [1.165, 1.54) is 17.8 Å². The van der Waals surface area contributed by atoms with Crippen molar-refractivity contribution >= 4 is 38.7 Å². The molecule has 0 bridgehead atoms. The van der Waals surface area contributed by atoms with Crippen LogP contribution in [0.1, 0.15) is 56.5 Å². The standard InChI is InChI=1S/C40H35N3O7S2/c44-24-27-15-17-30(18-16-27)37-35(28-7-2-1-3-8-28)33(25-51-38-32(39(45)46)11-6-22-42-38)49-40(50-37)31-19-13-26(14-20-31)23-43-52(47,48)34-12-4-9-29-10-5-21-41-36(29)34/h1-22,33,35,37,40,43-44H,23-25H2,(H,45,46)/t33-,35-,37+,40?/m1/s1. The van der Waals surface area contributed by atoms with Gasteiger partial charge in [0.2, 0.25) is 10.0 Å². The van der Waals surface area contributed by atoms with Gasteiger partial charge in [-0.25, -0.2) is 22.9 Å². The third kappa shape index (κ3) is 7.77. The van der Waals surface area contributed by atoms with Crippen LogP contribution in [-0.4, -0.2) is 46.4 Å². The molecule has 52 heavy (non-hydrogen) atoms. The van der Waals surface area contributed by atoms with Crippen molar-refractivity contribution in [2.45, 2.75) is 47.5 Å². The third-order valence-corrected chi connectivity index (χ3v) is 11.5. The number of aliphatic hydroxyl groups excluding tert-OH is 1. The molecule has 7 rings (SSSR count). The van der Waals surface area contributed by atoms with Crippen molar-refractivity contribution < 1.29 is 32.9 Å². The highest BCUT2D eigenvalue weighted by Gasteiger charge is 2.42. The number of hydrogen-bond donors (Lipinski definition) is 3. The number of aliphatic hydroxyl groups is 1. The lowest BCUT2D eigenvalue weighted by molar-refractivity contribution is -0.255. The summed E-state index contributed by atoms with van der Waals surface area (Å²) < 4.78 is 42.8. The Balaban J connectivity index is 1.17. The fourth-order valence-corrected chi connectivity index (χ4v) is 8.57. The van der Waals surface area contributed by atoms with Crippen LogP contribution in [0.25, 0.3) is 10.9 Å². The van der Waals surface area contributed by atoms with Crippen LogP contribution < -0.4 is 4.72 Å². The number of carbonyl (C=O) groups is 1. The summed E-state index contributed by atoms with van der Waals surface area (Å²) >= 11 is 1.32. The largest absolute Gasteiger partial charge is 0.478 e. The van der Waals surface area contributed by atoms with Gasteiger partial charge in [0, 0.05) is 41.6 Å². The number of ether oxygens (including phenoxy) is 2. The maximum Gasteiger partial charge on any atom is 0.338 e. The average molecular weight is 734 g/mol. The number of aromatic nitrogens is 2. The number of nitrogens with one attached hydrogen (secondary N) is 1. The molecule has 6 aromatic rings. The number of hydrogen-bond acceptors (Lipinski definition) is 9. The first-order valence-electron chi connectivity index (χ1n) is 16.6. The lowest BCUT2D eigenvalue weighted by Crippen LogP contribution is -2.38. The predicted octanol–water partition coefficient (Wildman–Crippen LogP) is 7.03. The molecule has 1 unspecified atom stereocenters. The molecule has 0 amide bonds. The van der Waals surface area contributed by atoms with E-state index in [0.717, 1.165) is 33.2 Å². The van der Waals surface area contributed by atoms with E-state index in [0.29, 0.717) is 16.3 Å². The molecule has 4 atom stereocenters. The number of aromatic carboxylic acids is 1. The Morgan fingerprint density at radius 2 is 1.44 bits per heavy atom. The normalized spacial score (nSPS) is 19.0. The van der Waals surface area contributed by atoms with E-state index in [1.807, 2.05) is 91.0 Å². The fourth-order valence-electron chi connectivity index (χ4n) is 6.32. The van der Waals surface area contributed by atoms with E-state index in [9.17, 15) is 23.4 Å². The molecule has 2 aromatic heterocycles. The van der Waals surface area contributed by atoms with Gasteiger partial charge in [-0.1, -0.05) is 97.1 Å². The Morgan fingerprint density at radius 3 is 2.19 bits per heavy atom. The molecule has 0 spiro atoms. The number of nitrogens with zero attached hydrogens (tertiary/aromatic N) is 2. The molecule has 0 aliphatic carbocycles. The summed E-state index contributed by atoms with van der Waals surface area (Å²) in [5.74, 6) is -0.955.